The normalized spacial score (nSPS) is 14.5. The molecule has 4 aromatic rings. The molecule has 3 heterocycles. The monoisotopic (exact) mass is 511 g/mol. The second kappa shape index (κ2) is 9.97. The van der Waals surface area contributed by atoms with Crippen LogP contribution in [0.15, 0.2) is 42.5 Å². The third-order valence-corrected chi connectivity index (χ3v) is 6.18. The summed E-state index contributed by atoms with van der Waals surface area (Å²) in [6, 6.07) is 12.0. The SMILES string of the molecule is Cc1ccc(CC(C)(C)Nc2nc(N3CCOCC3)nc(-n3c(C(F)F)nc4ccccc43)n2)c(F)c1. The maximum Gasteiger partial charge on any atom is 0.296 e. The van der Waals surface area contributed by atoms with Crippen LogP contribution in [0.3, 0.4) is 0 Å². The number of ether oxygens (including phenoxy) is 1. The third-order valence-electron chi connectivity index (χ3n) is 6.18. The van der Waals surface area contributed by atoms with Crippen LogP contribution in [0.5, 0.6) is 0 Å². The highest BCUT2D eigenvalue weighted by Gasteiger charge is 2.27. The first-order valence-corrected chi connectivity index (χ1v) is 12.1. The quantitative estimate of drug-likeness (QED) is 0.379. The number of morpholine rings is 1. The maximum atomic E-state index is 14.6. The zero-order valence-corrected chi connectivity index (χ0v) is 20.9. The van der Waals surface area contributed by atoms with Crippen molar-refractivity contribution in [3.8, 4) is 5.95 Å². The van der Waals surface area contributed by atoms with Crippen molar-refractivity contribution in [2.24, 2.45) is 0 Å². The number of fused-ring (bicyclic) bond motifs is 1. The van der Waals surface area contributed by atoms with Crippen molar-refractivity contribution in [1.29, 1.82) is 0 Å². The summed E-state index contributed by atoms with van der Waals surface area (Å²) in [5.41, 5.74) is 1.59. The summed E-state index contributed by atoms with van der Waals surface area (Å²) in [6.07, 6.45) is -2.49. The highest BCUT2D eigenvalue weighted by atomic mass is 19.3. The van der Waals surface area contributed by atoms with E-state index in [-0.39, 0.29) is 17.7 Å². The van der Waals surface area contributed by atoms with Gasteiger partial charge in [0.15, 0.2) is 5.82 Å². The van der Waals surface area contributed by atoms with Crippen molar-refractivity contribution in [3.63, 3.8) is 0 Å². The fourth-order valence-electron chi connectivity index (χ4n) is 4.43. The molecule has 5 rings (SSSR count). The number of halogens is 3. The van der Waals surface area contributed by atoms with Crippen molar-refractivity contribution in [3.05, 3.63) is 65.2 Å². The third kappa shape index (κ3) is 5.36. The molecule has 1 aliphatic heterocycles. The molecule has 2 aromatic carbocycles. The fourth-order valence-corrected chi connectivity index (χ4v) is 4.43. The zero-order valence-electron chi connectivity index (χ0n) is 20.9. The molecule has 0 atom stereocenters. The number of alkyl halides is 2. The van der Waals surface area contributed by atoms with E-state index in [1.54, 1.807) is 30.3 Å². The van der Waals surface area contributed by atoms with Gasteiger partial charge in [-0.15, -0.1) is 0 Å². The summed E-state index contributed by atoms with van der Waals surface area (Å²) in [4.78, 5) is 19.8. The number of rotatable bonds is 7. The molecular formula is C26H28F3N7O. The number of benzene rings is 2. The minimum Gasteiger partial charge on any atom is -0.378 e. The van der Waals surface area contributed by atoms with Gasteiger partial charge in [-0.2, -0.15) is 15.0 Å². The lowest BCUT2D eigenvalue weighted by molar-refractivity contribution is 0.122. The molecule has 8 nitrogen and oxygen atoms in total. The Morgan fingerprint density at radius 1 is 1.00 bits per heavy atom. The fraction of sp³-hybridized carbons (Fsp3) is 0.385. The first-order chi connectivity index (χ1) is 17.7. The first-order valence-electron chi connectivity index (χ1n) is 12.1. The Labute approximate surface area is 212 Å². The minimum absolute atomic E-state index is 0.0281. The number of hydrogen-bond acceptors (Lipinski definition) is 7. The molecule has 1 aliphatic rings. The van der Waals surface area contributed by atoms with Gasteiger partial charge in [-0.05, 0) is 56.5 Å². The lowest BCUT2D eigenvalue weighted by atomic mass is 9.94. The smallest absolute Gasteiger partial charge is 0.296 e. The van der Waals surface area contributed by atoms with Crippen LogP contribution in [0, 0.1) is 12.7 Å². The van der Waals surface area contributed by atoms with Gasteiger partial charge in [-0.1, -0.05) is 24.3 Å². The summed E-state index contributed by atoms with van der Waals surface area (Å²) in [6.45, 7) is 7.74. The predicted molar refractivity (Wildman–Crippen MR) is 135 cm³/mol. The van der Waals surface area contributed by atoms with Crippen molar-refractivity contribution in [2.75, 3.05) is 36.5 Å². The summed E-state index contributed by atoms with van der Waals surface area (Å²) >= 11 is 0. The second-order valence-electron chi connectivity index (χ2n) is 9.73. The highest BCUT2D eigenvalue weighted by molar-refractivity contribution is 5.77. The summed E-state index contributed by atoms with van der Waals surface area (Å²) in [5, 5.41) is 3.28. The standard InChI is InChI=1S/C26H28F3N7O/c1-16-8-9-17(18(27)14-16)15-26(2,3)34-23-31-24(35-10-12-37-13-11-35)33-25(32-23)36-20-7-5-4-6-19(20)30-22(36)21(28)29/h4-9,14,21H,10-13,15H2,1-3H3,(H,31,32,33,34). The molecule has 0 amide bonds. The van der Waals surface area contributed by atoms with E-state index in [0.717, 1.165) is 5.56 Å². The number of nitrogens with one attached hydrogen (secondary N) is 1. The summed E-state index contributed by atoms with van der Waals surface area (Å²) < 4.78 is 49.4. The van der Waals surface area contributed by atoms with Crippen LogP contribution >= 0.6 is 0 Å². The number of hydrogen-bond donors (Lipinski definition) is 1. The van der Waals surface area contributed by atoms with Crippen LogP contribution in [0.2, 0.25) is 0 Å². The Balaban J connectivity index is 1.58. The van der Waals surface area contributed by atoms with Gasteiger partial charge >= 0.3 is 0 Å². The summed E-state index contributed by atoms with van der Waals surface area (Å²) in [7, 11) is 0. The second-order valence-corrected chi connectivity index (χ2v) is 9.73. The van der Waals surface area contributed by atoms with E-state index in [0.29, 0.717) is 55.3 Å². The molecule has 11 heteroatoms. The Bertz CT molecular complexity index is 1420. The first kappa shape index (κ1) is 24.9. The predicted octanol–water partition coefficient (Wildman–Crippen LogP) is 4.87. The van der Waals surface area contributed by atoms with Gasteiger partial charge in [-0.25, -0.2) is 18.2 Å². The minimum atomic E-state index is -2.84. The number of anilines is 2. The zero-order chi connectivity index (χ0) is 26.2. The topological polar surface area (TPSA) is 81.0 Å². The van der Waals surface area contributed by atoms with Gasteiger partial charge < -0.3 is 15.0 Å². The molecule has 0 unspecified atom stereocenters. The Kier molecular flexibility index (Phi) is 6.72. The maximum absolute atomic E-state index is 14.6. The number of imidazole rings is 1. The van der Waals surface area contributed by atoms with E-state index in [1.807, 2.05) is 31.7 Å². The van der Waals surface area contributed by atoms with Crippen LogP contribution in [0.4, 0.5) is 25.1 Å². The molecule has 2 aromatic heterocycles. The molecule has 194 valence electrons. The van der Waals surface area contributed by atoms with Crippen molar-refractivity contribution in [1.82, 2.24) is 24.5 Å². The van der Waals surface area contributed by atoms with Gasteiger partial charge in [0, 0.05) is 18.6 Å². The number of aromatic nitrogens is 5. The Hall–Kier alpha value is -3.73. The van der Waals surface area contributed by atoms with Crippen LogP contribution < -0.4 is 10.2 Å². The van der Waals surface area contributed by atoms with E-state index in [2.05, 4.69) is 25.3 Å². The number of nitrogens with zero attached hydrogens (tertiary/aromatic N) is 6. The van der Waals surface area contributed by atoms with Crippen LogP contribution in [0.25, 0.3) is 17.0 Å². The molecule has 0 spiro atoms. The molecule has 0 bridgehead atoms. The van der Waals surface area contributed by atoms with Gasteiger partial charge in [0.25, 0.3) is 6.43 Å². The molecule has 37 heavy (non-hydrogen) atoms. The van der Waals surface area contributed by atoms with Crippen LogP contribution in [-0.4, -0.2) is 56.3 Å². The van der Waals surface area contributed by atoms with Gasteiger partial charge in [0.1, 0.15) is 5.82 Å². The average Bonchev–Trinajstić information content (AvgIpc) is 3.26. The lowest BCUT2D eigenvalue weighted by Crippen LogP contribution is -2.39. The van der Waals surface area contributed by atoms with E-state index < -0.39 is 17.8 Å². The Morgan fingerprint density at radius 3 is 2.46 bits per heavy atom. The van der Waals surface area contributed by atoms with Crippen molar-refractivity contribution >= 4 is 22.9 Å². The lowest BCUT2D eigenvalue weighted by Gasteiger charge is -2.29. The number of para-hydroxylation sites is 2. The van der Waals surface area contributed by atoms with Gasteiger partial charge in [0.2, 0.25) is 17.8 Å². The highest BCUT2D eigenvalue weighted by Crippen LogP contribution is 2.28. The number of aryl methyl sites for hydroxylation is 1. The molecule has 0 aliphatic carbocycles. The van der Waals surface area contributed by atoms with Crippen molar-refractivity contribution < 1.29 is 17.9 Å². The van der Waals surface area contributed by atoms with Crippen LogP contribution in [0.1, 0.15) is 37.2 Å². The molecule has 1 saturated heterocycles. The van der Waals surface area contributed by atoms with E-state index in [9.17, 15) is 13.2 Å². The Morgan fingerprint density at radius 2 is 1.73 bits per heavy atom. The van der Waals surface area contributed by atoms with E-state index in [4.69, 9.17) is 4.74 Å². The molecule has 1 N–H and O–H groups in total. The summed E-state index contributed by atoms with van der Waals surface area (Å²) in [5.74, 6) is -0.174. The molecule has 0 saturated carbocycles. The van der Waals surface area contributed by atoms with Gasteiger partial charge in [0.05, 0.1) is 24.2 Å². The van der Waals surface area contributed by atoms with E-state index in [1.165, 1.54) is 10.6 Å². The average molecular weight is 512 g/mol. The van der Waals surface area contributed by atoms with E-state index >= 15 is 0 Å². The van der Waals surface area contributed by atoms with Crippen molar-refractivity contribution in [2.45, 2.75) is 39.2 Å². The largest absolute Gasteiger partial charge is 0.378 e. The van der Waals surface area contributed by atoms with Gasteiger partial charge in [-0.3, -0.25) is 4.57 Å². The molecule has 1 fully saturated rings. The molecule has 0 radical (unpaired) electrons. The molecular weight excluding hydrogens is 483 g/mol. The van der Waals surface area contributed by atoms with Crippen LogP contribution in [-0.2, 0) is 11.2 Å².